The highest BCUT2D eigenvalue weighted by molar-refractivity contribution is 7.90. The van der Waals surface area contributed by atoms with Gasteiger partial charge in [0.15, 0.2) is 9.84 Å². The summed E-state index contributed by atoms with van der Waals surface area (Å²) in [6.45, 7) is 3.87. The number of halogens is 1. The molecule has 3 aromatic rings. The van der Waals surface area contributed by atoms with Gasteiger partial charge in [0.05, 0.1) is 11.9 Å². The summed E-state index contributed by atoms with van der Waals surface area (Å²) in [4.78, 5) is 15.4. The zero-order valence-corrected chi connectivity index (χ0v) is 20.1. The number of hydrogen-bond acceptors (Lipinski definition) is 7. The molecular weight excluding hydrogens is 455 g/mol. The van der Waals surface area contributed by atoms with Gasteiger partial charge in [-0.2, -0.15) is 0 Å². The Kier molecular flexibility index (Phi) is 5.97. The molecule has 0 saturated carbocycles. The molecule has 0 radical (unpaired) electrons. The summed E-state index contributed by atoms with van der Waals surface area (Å²) in [7, 11) is -3.61. The second-order valence-corrected chi connectivity index (χ2v) is 11.0. The summed E-state index contributed by atoms with van der Waals surface area (Å²) in [6, 6.07) is 6.03. The van der Waals surface area contributed by atoms with E-state index in [1.165, 1.54) is 12.1 Å². The molecule has 1 aromatic carbocycles. The van der Waals surface area contributed by atoms with Crippen molar-refractivity contribution in [1.82, 2.24) is 15.0 Å². The van der Waals surface area contributed by atoms with Crippen LogP contribution in [0.2, 0.25) is 0 Å². The number of pyridine rings is 1. The molecule has 178 valence electrons. The van der Waals surface area contributed by atoms with Crippen molar-refractivity contribution in [1.29, 1.82) is 0 Å². The first-order chi connectivity index (χ1) is 16.3. The number of aromatic nitrogens is 3. The smallest absolute Gasteiger partial charge is 0.225 e. The summed E-state index contributed by atoms with van der Waals surface area (Å²) >= 11 is 0. The summed E-state index contributed by atoms with van der Waals surface area (Å²) in [5.41, 5.74) is 3.32. The zero-order chi connectivity index (χ0) is 23.9. The third-order valence-electron chi connectivity index (χ3n) is 6.72. The van der Waals surface area contributed by atoms with Gasteiger partial charge < -0.3 is 9.64 Å². The molecule has 2 aliphatic rings. The molecule has 0 amide bonds. The molecule has 2 aliphatic heterocycles. The minimum absolute atomic E-state index is 0.0851. The summed E-state index contributed by atoms with van der Waals surface area (Å²) in [5, 5.41) is 0. The SMILES string of the molecule is CCc1cnc(N2CCC(C3Cc4cc(-c5ccc(S(C)(=O)=O)c(F)c5)ncc4O3)CC2)nc1. The Bertz CT molecular complexity index is 1310. The molecule has 4 heterocycles. The molecule has 1 unspecified atom stereocenters. The molecule has 0 bridgehead atoms. The fourth-order valence-electron chi connectivity index (χ4n) is 4.72. The number of anilines is 1. The van der Waals surface area contributed by atoms with Crippen molar-refractivity contribution in [3.63, 3.8) is 0 Å². The highest BCUT2D eigenvalue weighted by Gasteiger charge is 2.34. The number of sulfone groups is 1. The van der Waals surface area contributed by atoms with E-state index in [2.05, 4.69) is 26.8 Å². The normalized spacial score (nSPS) is 18.6. The maximum atomic E-state index is 14.4. The molecule has 1 fully saturated rings. The highest BCUT2D eigenvalue weighted by atomic mass is 32.2. The number of nitrogens with zero attached hydrogens (tertiary/aromatic N) is 4. The standard InChI is InChI=1S/C25H27FN4O3S/c1-3-16-13-28-25(29-14-16)30-8-6-17(7-9-30)22-12-19-11-21(27-15-23(19)33-22)18-4-5-24(20(26)10-18)34(2,31)32/h4-5,10-11,13-15,17,22H,3,6-9,12H2,1-2H3. The molecule has 5 rings (SSSR count). The first-order valence-electron chi connectivity index (χ1n) is 11.5. The van der Waals surface area contributed by atoms with Crippen LogP contribution in [0, 0.1) is 11.7 Å². The molecule has 0 spiro atoms. The van der Waals surface area contributed by atoms with Gasteiger partial charge in [-0.25, -0.2) is 22.8 Å². The average molecular weight is 483 g/mol. The molecule has 2 aromatic heterocycles. The molecular formula is C25H27FN4O3S. The van der Waals surface area contributed by atoms with E-state index in [4.69, 9.17) is 4.74 Å². The summed E-state index contributed by atoms with van der Waals surface area (Å²) < 4.78 is 44.0. The van der Waals surface area contributed by atoms with E-state index in [1.807, 2.05) is 18.5 Å². The second-order valence-electron chi connectivity index (χ2n) is 9.02. The van der Waals surface area contributed by atoms with Crippen LogP contribution in [0.1, 0.15) is 30.9 Å². The van der Waals surface area contributed by atoms with Crippen LogP contribution in [0.4, 0.5) is 10.3 Å². The molecule has 0 N–H and O–H groups in total. The lowest BCUT2D eigenvalue weighted by molar-refractivity contribution is 0.138. The zero-order valence-electron chi connectivity index (χ0n) is 19.2. The van der Waals surface area contributed by atoms with Gasteiger partial charge in [-0.15, -0.1) is 0 Å². The Balaban J connectivity index is 1.25. The Labute approximate surface area is 199 Å². The van der Waals surface area contributed by atoms with Gasteiger partial charge in [0.25, 0.3) is 0 Å². The number of rotatable bonds is 5. The molecule has 1 saturated heterocycles. The van der Waals surface area contributed by atoms with E-state index in [0.717, 1.165) is 67.9 Å². The van der Waals surface area contributed by atoms with Crippen molar-refractivity contribution in [3.8, 4) is 17.0 Å². The predicted octanol–water partition coefficient (Wildman–Crippen LogP) is 3.86. The van der Waals surface area contributed by atoms with Gasteiger partial charge in [-0.1, -0.05) is 13.0 Å². The molecule has 34 heavy (non-hydrogen) atoms. The fraction of sp³-hybridized carbons (Fsp3) is 0.400. The number of benzene rings is 1. The Hall–Kier alpha value is -3.07. The minimum atomic E-state index is -3.61. The van der Waals surface area contributed by atoms with Gasteiger partial charge in [0.1, 0.15) is 22.6 Å². The second kappa shape index (κ2) is 8.94. The largest absolute Gasteiger partial charge is 0.488 e. The third kappa shape index (κ3) is 4.49. The highest BCUT2D eigenvalue weighted by Crippen LogP contribution is 2.37. The third-order valence-corrected chi connectivity index (χ3v) is 7.85. The fourth-order valence-corrected chi connectivity index (χ4v) is 5.45. The quantitative estimate of drug-likeness (QED) is 0.546. The van der Waals surface area contributed by atoms with Crippen LogP contribution in [0.3, 0.4) is 0 Å². The van der Waals surface area contributed by atoms with Gasteiger partial charge in [0.2, 0.25) is 5.95 Å². The summed E-state index contributed by atoms with van der Waals surface area (Å²) in [5.74, 6) is 1.21. The van der Waals surface area contributed by atoms with Crippen molar-refractivity contribution in [2.45, 2.75) is 43.6 Å². The maximum Gasteiger partial charge on any atom is 0.225 e. The Morgan fingerprint density at radius 1 is 1.09 bits per heavy atom. The number of ether oxygens (including phenoxy) is 1. The molecule has 0 aliphatic carbocycles. The van der Waals surface area contributed by atoms with E-state index in [1.54, 1.807) is 12.3 Å². The van der Waals surface area contributed by atoms with Crippen molar-refractivity contribution >= 4 is 15.8 Å². The van der Waals surface area contributed by atoms with Gasteiger partial charge in [-0.3, -0.25) is 4.98 Å². The van der Waals surface area contributed by atoms with Crippen molar-refractivity contribution in [2.24, 2.45) is 5.92 Å². The lowest BCUT2D eigenvalue weighted by Crippen LogP contribution is -2.40. The first-order valence-corrected chi connectivity index (χ1v) is 13.4. The molecule has 9 heteroatoms. The van der Waals surface area contributed by atoms with Crippen LogP contribution in [-0.4, -0.2) is 48.8 Å². The van der Waals surface area contributed by atoms with E-state index in [9.17, 15) is 12.8 Å². The first kappa shape index (κ1) is 22.7. The van der Waals surface area contributed by atoms with E-state index < -0.39 is 15.7 Å². The minimum Gasteiger partial charge on any atom is -0.488 e. The van der Waals surface area contributed by atoms with Crippen LogP contribution in [0.5, 0.6) is 5.75 Å². The van der Waals surface area contributed by atoms with Crippen LogP contribution in [-0.2, 0) is 22.7 Å². The van der Waals surface area contributed by atoms with E-state index in [0.29, 0.717) is 17.2 Å². The van der Waals surface area contributed by atoms with Crippen LogP contribution < -0.4 is 9.64 Å². The van der Waals surface area contributed by atoms with Gasteiger partial charge in [-0.05, 0) is 48.9 Å². The number of aryl methyl sites for hydroxylation is 1. The Morgan fingerprint density at radius 3 is 2.47 bits per heavy atom. The van der Waals surface area contributed by atoms with Crippen molar-refractivity contribution in [3.05, 3.63) is 59.8 Å². The molecule has 7 nitrogen and oxygen atoms in total. The van der Waals surface area contributed by atoms with Crippen molar-refractivity contribution < 1.29 is 17.5 Å². The molecule has 1 atom stereocenters. The Morgan fingerprint density at radius 2 is 1.82 bits per heavy atom. The lowest BCUT2D eigenvalue weighted by Gasteiger charge is -2.34. The van der Waals surface area contributed by atoms with E-state index >= 15 is 0 Å². The van der Waals surface area contributed by atoms with Crippen LogP contribution in [0.15, 0.2) is 47.8 Å². The number of piperidine rings is 1. The van der Waals surface area contributed by atoms with Crippen LogP contribution in [0.25, 0.3) is 11.3 Å². The predicted molar refractivity (Wildman–Crippen MR) is 127 cm³/mol. The number of fused-ring (bicyclic) bond motifs is 1. The van der Waals surface area contributed by atoms with Crippen molar-refractivity contribution in [2.75, 3.05) is 24.2 Å². The van der Waals surface area contributed by atoms with Crippen LogP contribution >= 0.6 is 0 Å². The maximum absolute atomic E-state index is 14.4. The average Bonchev–Trinajstić information content (AvgIpc) is 3.27. The number of hydrogen-bond donors (Lipinski definition) is 0. The van der Waals surface area contributed by atoms with Gasteiger partial charge in [0, 0.05) is 49.3 Å². The topological polar surface area (TPSA) is 85.3 Å². The monoisotopic (exact) mass is 482 g/mol. The van der Waals surface area contributed by atoms with Gasteiger partial charge >= 0.3 is 0 Å². The summed E-state index contributed by atoms with van der Waals surface area (Å²) in [6.07, 6.45) is 10.3. The van der Waals surface area contributed by atoms with E-state index in [-0.39, 0.29) is 11.0 Å². The lowest BCUT2D eigenvalue weighted by atomic mass is 9.89.